The topological polar surface area (TPSA) is 63.2 Å². The summed E-state index contributed by atoms with van der Waals surface area (Å²) < 4.78 is 16.9. The van der Waals surface area contributed by atoms with Gasteiger partial charge < -0.3 is 14.2 Å². The molecule has 0 aromatic carbocycles. The van der Waals surface area contributed by atoms with Crippen molar-refractivity contribution in [2.75, 3.05) is 13.7 Å². The fourth-order valence-electron chi connectivity index (χ4n) is 5.89. The lowest BCUT2D eigenvalue weighted by molar-refractivity contribution is -0.495. The van der Waals surface area contributed by atoms with E-state index in [0.717, 1.165) is 25.7 Å². The summed E-state index contributed by atoms with van der Waals surface area (Å²) in [6.45, 7) is 6.77. The molecule has 0 N–H and O–H groups in total. The van der Waals surface area contributed by atoms with E-state index in [4.69, 9.17) is 19.2 Å². The maximum atomic E-state index is 11.1. The van der Waals surface area contributed by atoms with Gasteiger partial charge in [0.05, 0.1) is 13.2 Å². The van der Waals surface area contributed by atoms with Crippen LogP contribution >= 0.6 is 0 Å². The smallest absolute Gasteiger partial charge is 0.384 e. The molecule has 6 nitrogen and oxygen atoms in total. The summed E-state index contributed by atoms with van der Waals surface area (Å²) in [5, 5.41) is 0. The van der Waals surface area contributed by atoms with E-state index >= 15 is 0 Å². The minimum absolute atomic E-state index is 0.0359. The van der Waals surface area contributed by atoms with Crippen LogP contribution in [0.5, 0.6) is 0 Å². The Kier molecular flexibility index (Phi) is 5.00. The Morgan fingerprint density at radius 1 is 1.19 bits per heavy atom. The number of hydrogen-bond donors (Lipinski definition) is 0. The SMILES string of the molecule is COC(=O)C#CCOC1O[C@@H]2C[C@]3(C)CCC4[C@H](C)CCC([C@H]1C)[C@]42OO3. The molecule has 0 radical (unpaired) electrons. The predicted molar refractivity (Wildman–Crippen MR) is 96.1 cm³/mol. The van der Waals surface area contributed by atoms with Crippen molar-refractivity contribution >= 4 is 5.97 Å². The highest BCUT2D eigenvalue weighted by Gasteiger charge is 2.68. The van der Waals surface area contributed by atoms with E-state index in [1.807, 2.05) is 0 Å². The first kappa shape index (κ1) is 19.2. The van der Waals surface area contributed by atoms with Gasteiger partial charge in [0, 0.05) is 24.2 Å². The third kappa shape index (κ3) is 3.09. The Balaban J connectivity index is 1.56. The minimum atomic E-state index is -0.557. The quantitative estimate of drug-likeness (QED) is 0.319. The lowest BCUT2D eigenvalue weighted by atomic mass is 9.56. The summed E-state index contributed by atoms with van der Waals surface area (Å²) in [4.78, 5) is 23.3. The van der Waals surface area contributed by atoms with Crippen molar-refractivity contribution in [2.24, 2.45) is 23.7 Å². The van der Waals surface area contributed by atoms with Crippen molar-refractivity contribution in [1.29, 1.82) is 0 Å². The molecule has 5 rings (SSSR count). The third-order valence-electron chi connectivity index (χ3n) is 7.33. The average molecular weight is 378 g/mol. The number of esters is 1. The average Bonchev–Trinajstić information content (AvgIpc) is 2.88. The molecule has 0 aromatic heterocycles. The van der Waals surface area contributed by atoms with Gasteiger partial charge >= 0.3 is 5.97 Å². The van der Waals surface area contributed by atoms with E-state index in [1.165, 1.54) is 13.5 Å². The van der Waals surface area contributed by atoms with Crippen LogP contribution in [0.25, 0.3) is 0 Å². The number of hydrogen-bond acceptors (Lipinski definition) is 6. The summed E-state index contributed by atoms with van der Waals surface area (Å²) in [7, 11) is 1.31. The summed E-state index contributed by atoms with van der Waals surface area (Å²) in [5.74, 6) is 6.11. The summed E-state index contributed by atoms with van der Waals surface area (Å²) in [5.41, 5.74) is -0.669. The second-order valence-electron chi connectivity index (χ2n) is 8.94. The Morgan fingerprint density at radius 3 is 2.78 bits per heavy atom. The molecule has 2 aliphatic carbocycles. The lowest BCUT2D eigenvalue weighted by Crippen LogP contribution is -2.69. The number of methoxy groups -OCH3 is 1. The molecule has 2 saturated carbocycles. The molecule has 2 bridgehead atoms. The van der Waals surface area contributed by atoms with Crippen molar-refractivity contribution in [2.45, 2.75) is 76.5 Å². The summed E-state index contributed by atoms with van der Waals surface area (Å²) in [6.07, 6.45) is 4.85. The number of ether oxygens (including phenoxy) is 3. The van der Waals surface area contributed by atoms with Crippen molar-refractivity contribution in [1.82, 2.24) is 0 Å². The molecular weight excluding hydrogens is 348 g/mol. The zero-order valence-electron chi connectivity index (χ0n) is 16.7. The third-order valence-corrected chi connectivity index (χ3v) is 7.33. The highest BCUT2D eigenvalue weighted by molar-refractivity contribution is 5.88. The zero-order chi connectivity index (χ0) is 19.2. The van der Waals surface area contributed by atoms with Gasteiger partial charge in [-0.05, 0) is 44.4 Å². The van der Waals surface area contributed by atoms with Crippen molar-refractivity contribution in [3.63, 3.8) is 0 Å². The fraction of sp³-hybridized carbons (Fsp3) is 0.857. The maximum absolute atomic E-state index is 11.1. The highest BCUT2D eigenvalue weighted by Crippen LogP contribution is 2.61. The maximum Gasteiger partial charge on any atom is 0.384 e. The zero-order valence-corrected chi connectivity index (χ0v) is 16.7. The molecule has 6 heteroatoms. The molecule has 3 unspecified atom stereocenters. The van der Waals surface area contributed by atoms with Gasteiger partial charge in [0.1, 0.15) is 17.8 Å². The van der Waals surface area contributed by atoms with Crippen LogP contribution in [0.1, 0.15) is 52.9 Å². The number of carbonyl (C=O) groups is 1. The van der Waals surface area contributed by atoms with Gasteiger partial charge in [-0.1, -0.05) is 19.8 Å². The minimum Gasteiger partial charge on any atom is -0.459 e. The van der Waals surface area contributed by atoms with E-state index in [0.29, 0.717) is 17.8 Å². The Morgan fingerprint density at radius 2 is 2.00 bits per heavy atom. The van der Waals surface area contributed by atoms with E-state index < -0.39 is 5.97 Å². The highest BCUT2D eigenvalue weighted by atomic mass is 17.2. The summed E-state index contributed by atoms with van der Waals surface area (Å²) in [6, 6.07) is 0. The predicted octanol–water partition coefficient (Wildman–Crippen LogP) is 2.85. The molecule has 150 valence electrons. The molecule has 8 atom stereocenters. The van der Waals surface area contributed by atoms with Gasteiger partial charge in [-0.25, -0.2) is 14.6 Å². The van der Waals surface area contributed by atoms with Gasteiger partial charge in [-0.3, -0.25) is 0 Å². The first-order chi connectivity index (χ1) is 12.9. The number of carbonyl (C=O) groups excluding carboxylic acids is 1. The monoisotopic (exact) mass is 378 g/mol. The second-order valence-corrected chi connectivity index (χ2v) is 8.94. The van der Waals surface area contributed by atoms with Gasteiger partial charge in [0.2, 0.25) is 0 Å². The van der Waals surface area contributed by atoms with Crippen LogP contribution in [0.3, 0.4) is 0 Å². The van der Waals surface area contributed by atoms with Crippen molar-refractivity contribution < 1.29 is 28.8 Å². The molecule has 1 spiro atoms. The first-order valence-electron chi connectivity index (χ1n) is 10.1. The van der Waals surface area contributed by atoms with Crippen LogP contribution in [-0.4, -0.2) is 43.3 Å². The molecule has 3 aliphatic heterocycles. The Bertz CT molecular complexity index is 653. The molecule has 27 heavy (non-hydrogen) atoms. The largest absolute Gasteiger partial charge is 0.459 e. The van der Waals surface area contributed by atoms with E-state index in [-0.39, 0.29) is 36.1 Å². The van der Waals surface area contributed by atoms with E-state index in [2.05, 4.69) is 37.3 Å². The second kappa shape index (κ2) is 7.04. The van der Waals surface area contributed by atoms with Gasteiger partial charge in [0.25, 0.3) is 0 Å². The first-order valence-corrected chi connectivity index (χ1v) is 10.1. The van der Waals surface area contributed by atoms with Gasteiger partial charge in [0.15, 0.2) is 6.29 Å². The number of rotatable bonds is 2. The molecule has 5 aliphatic rings. The van der Waals surface area contributed by atoms with Crippen molar-refractivity contribution in [3.8, 4) is 11.8 Å². The normalized spacial score (nSPS) is 48.0. The van der Waals surface area contributed by atoms with Crippen LogP contribution in [0, 0.1) is 35.5 Å². The van der Waals surface area contributed by atoms with E-state index in [9.17, 15) is 4.79 Å². The van der Waals surface area contributed by atoms with Gasteiger partial charge in [-0.15, -0.1) is 0 Å². The summed E-state index contributed by atoms with van der Waals surface area (Å²) >= 11 is 0. The Labute approximate surface area is 161 Å². The molecule has 5 fully saturated rings. The van der Waals surface area contributed by atoms with Crippen LogP contribution in [0.4, 0.5) is 0 Å². The van der Waals surface area contributed by atoms with Gasteiger partial charge in [-0.2, -0.15) is 0 Å². The standard InChI is InChI=1S/C21H30O6/c1-13-7-8-16-14(2)19(24-11-5-6-18(22)23-4)25-17-12-20(3)10-9-15(13)21(16,17)27-26-20/h13-17,19H,7-12H2,1-4H3/t13-,14-,15?,16?,17-,19?,20+,21-/m1/s1. The molecular formula is C21H30O6. The Hall–Kier alpha value is -1.13. The van der Waals surface area contributed by atoms with Crippen LogP contribution < -0.4 is 0 Å². The van der Waals surface area contributed by atoms with E-state index in [1.54, 1.807) is 0 Å². The molecule has 3 saturated heterocycles. The van der Waals surface area contributed by atoms with Crippen LogP contribution in [0.2, 0.25) is 0 Å². The lowest BCUT2D eigenvalue weighted by Gasteiger charge is -2.61. The molecule has 3 heterocycles. The molecule has 0 amide bonds. The molecule has 0 aromatic rings. The van der Waals surface area contributed by atoms with Crippen molar-refractivity contribution in [3.05, 3.63) is 0 Å². The number of fused-ring (bicyclic) bond motifs is 2. The fourth-order valence-corrected chi connectivity index (χ4v) is 5.89. The van der Waals surface area contributed by atoms with Crippen LogP contribution in [0.15, 0.2) is 0 Å². The van der Waals surface area contributed by atoms with Crippen LogP contribution in [-0.2, 0) is 28.8 Å².